The summed E-state index contributed by atoms with van der Waals surface area (Å²) in [5, 5.41) is 16.7. The van der Waals surface area contributed by atoms with E-state index in [2.05, 4.69) is 34.7 Å². The van der Waals surface area contributed by atoms with Gasteiger partial charge in [-0.3, -0.25) is 0 Å². The van der Waals surface area contributed by atoms with Crippen LogP contribution in [0.1, 0.15) is 29.2 Å². The number of aliphatic imine (C=N–C) groups is 1. The molecule has 2 rings (SSSR count). The predicted octanol–water partition coefficient (Wildman–Crippen LogP) is 3.90. The van der Waals surface area contributed by atoms with E-state index in [0.29, 0.717) is 12.3 Å². The van der Waals surface area contributed by atoms with Gasteiger partial charge in [-0.2, -0.15) is 0 Å². The fourth-order valence-corrected chi connectivity index (χ4v) is 3.14. The highest BCUT2D eigenvalue weighted by molar-refractivity contribution is 14.0. The summed E-state index contributed by atoms with van der Waals surface area (Å²) in [5.41, 5.74) is 0.732. The smallest absolute Gasteiger partial charge is 0.191 e. The molecule has 0 saturated heterocycles. The standard InChI is InChI=1S/C18H25N3O2S.HI/c1-4-14-9-10-15(24-14)12-21-18(19-5-2)20-11-13-7-6-8-16(23-3)17(13)22;/h6-10,22H,4-5,11-12H2,1-3H3,(H2,19,20,21);1H. The van der Waals surface area contributed by atoms with E-state index in [1.807, 2.05) is 30.4 Å². The van der Waals surface area contributed by atoms with Crippen molar-refractivity contribution < 1.29 is 9.84 Å². The van der Waals surface area contributed by atoms with Gasteiger partial charge in [0.15, 0.2) is 17.5 Å². The molecule has 0 aliphatic rings. The minimum atomic E-state index is 0. The molecular weight excluding hydrogens is 449 g/mol. The normalized spacial score (nSPS) is 10.9. The van der Waals surface area contributed by atoms with Crippen LogP contribution in [0.2, 0.25) is 0 Å². The van der Waals surface area contributed by atoms with E-state index in [1.165, 1.54) is 9.75 Å². The number of aryl methyl sites for hydroxylation is 1. The van der Waals surface area contributed by atoms with Crippen LogP contribution in [0, 0.1) is 0 Å². The zero-order chi connectivity index (χ0) is 17.4. The third kappa shape index (κ3) is 6.39. The number of rotatable bonds is 7. The number of aromatic hydroxyl groups is 1. The number of nitrogens with one attached hydrogen (secondary N) is 2. The predicted molar refractivity (Wildman–Crippen MR) is 115 cm³/mol. The summed E-state index contributed by atoms with van der Waals surface area (Å²) < 4.78 is 5.13. The highest BCUT2D eigenvalue weighted by atomic mass is 127. The Morgan fingerprint density at radius 1 is 1.16 bits per heavy atom. The average Bonchev–Trinajstić information content (AvgIpc) is 3.06. The number of ether oxygens (including phenoxy) is 1. The summed E-state index contributed by atoms with van der Waals surface area (Å²) in [7, 11) is 1.54. The number of methoxy groups -OCH3 is 1. The summed E-state index contributed by atoms with van der Waals surface area (Å²) in [6.07, 6.45) is 1.06. The molecule has 0 bridgehead atoms. The van der Waals surface area contributed by atoms with Crippen molar-refractivity contribution in [3.05, 3.63) is 45.6 Å². The van der Waals surface area contributed by atoms with Gasteiger partial charge < -0.3 is 20.5 Å². The van der Waals surface area contributed by atoms with Gasteiger partial charge in [-0.25, -0.2) is 4.99 Å². The van der Waals surface area contributed by atoms with Gasteiger partial charge in [0.05, 0.1) is 20.2 Å². The molecule has 0 aliphatic carbocycles. The molecule has 0 spiro atoms. The Bertz CT molecular complexity index is 689. The van der Waals surface area contributed by atoms with E-state index in [-0.39, 0.29) is 29.7 Å². The quantitative estimate of drug-likeness (QED) is 0.323. The summed E-state index contributed by atoms with van der Waals surface area (Å²) in [6, 6.07) is 9.74. The number of thiophene rings is 1. The van der Waals surface area contributed by atoms with Crippen molar-refractivity contribution in [1.82, 2.24) is 10.6 Å². The van der Waals surface area contributed by atoms with Gasteiger partial charge in [0.1, 0.15) is 0 Å². The fourth-order valence-electron chi connectivity index (χ4n) is 2.24. The number of phenols is 1. The third-order valence-corrected chi connectivity index (χ3v) is 4.78. The van der Waals surface area contributed by atoms with Crippen LogP contribution >= 0.6 is 35.3 Å². The molecule has 0 radical (unpaired) electrons. The highest BCUT2D eigenvalue weighted by Crippen LogP contribution is 2.29. The van der Waals surface area contributed by atoms with Crippen LogP contribution in [-0.2, 0) is 19.5 Å². The van der Waals surface area contributed by atoms with E-state index in [4.69, 9.17) is 4.74 Å². The average molecular weight is 475 g/mol. The first-order chi connectivity index (χ1) is 11.7. The van der Waals surface area contributed by atoms with Crippen LogP contribution < -0.4 is 15.4 Å². The van der Waals surface area contributed by atoms with Crippen LogP contribution in [-0.4, -0.2) is 24.7 Å². The molecule has 0 amide bonds. The number of halogens is 1. The molecule has 0 atom stereocenters. The molecule has 1 aromatic carbocycles. The van der Waals surface area contributed by atoms with E-state index in [1.54, 1.807) is 13.2 Å². The first kappa shape index (κ1) is 21.6. The lowest BCUT2D eigenvalue weighted by atomic mass is 10.2. The summed E-state index contributed by atoms with van der Waals surface area (Å²) in [5.74, 6) is 1.34. The van der Waals surface area contributed by atoms with Gasteiger partial charge in [-0.1, -0.05) is 19.1 Å². The zero-order valence-corrected chi connectivity index (χ0v) is 18.0. The Morgan fingerprint density at radius 3 is 2.56 bits per heavy atom. The Labute approximate surface area is 170 Å². The first-order valence-corrected chi connectivity index (χ1v) is 8.94. The molecule has 7 heteroatoms. The molecule has 5 nitrogen and oxygen atoms in total. The van der Waals surface area contributed by atoms with Gasteiger partial charge in [-0.15, -0.1) is 35.3 Å². The second-order valence-electron chi connectivity index (χ2n) is 5.24. The number of guanidine groups is 1. The van der Waals surface area contributed by atoms with E-state index in [0.717, 1.165) is 31.0 Å². The maximum Gasteiger partial charge on any atom is 0.191 e. The van der Waals surface area contributed by atoms with Gasteiger partial charge in [0, 0.05) is 21.9 Å². The maximum absolute atomic E-state index is 10.1. The fraction of sp³-hybridized carbons (Fsp3) is 0.389. The molecular formula is C18H26IN3O2S. The van der Waals surface area contributed by atoms with Crippen molar-refractivity contribution in [3.63, 3.8) is 0 Å². The Hall–Kier alpha value is -1.48. The van der Waals surface area contributed by atoms with Gasteiger partial charge in [0.2, 0.25) is 0 Å². The van der Waals surface area contributed by atoms with Crippen LogP contribution in [0.5, 0.6) is 11.5 Å². The minimum absolute atomic E-state index is 0. The SMILES string of the molecule is CCNC(=NCc1cccc(OC)c1O)NCc1ccc(CC)s1.I. The number of hydrogen-bond donors (Lipinski definition) is 3. The Kier molecular flexibility index (Phi) is 9.66. The monoisotopic (exact) mass is 475 g/mol. The minimum Gasteiger partial charge on any atom is -0.504 e. The lowest BCUT2D eigenvalue weighted by Crippen LogP contribution is -2.36. The largest absolute Gasteiger partial charge is 0.504 e. The molecule has 138 valence electrons. The highest BCUT2D eigenvalue weighted by Gasteiger charge is 2.07. The Morgan fingerprint density at radius 2 is 1.92 bits per heavy atom. The molecule has 0 aliphatic heterocycles. The van der Waals surface area contributed by atoms with Gasteiger partial charge in [-0.05, 0) is 31.5 Å². The molecule has 0 unspecified atom stereocenters. The van der Waals surface area contributed by atoms with Crippen LogP contribution in [0.3, 0.4) is 0 Å². The Balaban J connectivity index is 0.00000312. The van der Waals surface area contributed by atoms with E-state index < -0.39 is 0 Å². The molecule has 1 aromatic heterocycles. The second-order valence-corrected chi connectivity index (χ2v) is 6.49. The van der Waals surface area contributed by atoms with Crippen LogP contribution in [0.25, 0.3) is 0 Å². The van der Waals surface area contributed by atoms with Gasteiger partial charge >= 0.3 is 0 Å². The summed E-state index contributed by atoms with van der Waals surface area (Å²) >= 11 is 1.81. The van der Waals surface area contributed by atoms with Crippen molar-refractivity contribution in [2.45, 2.75) is 33.4 Å². The van der Waals surface area contributed by atoms with Crippen molar-refractivity contribution in [3.8, 4) is 11.5 Å². The first-order valence-electron chi connectivity index (χ1n) is 8.12. The molecule has 25 heavy (non-hydrogen) atoms. The summed E-state index contributed by atoms with van der Waals surface area (Å²) in [6.45, 7) is 6.08. The van der Waals surface area contributed by atoms with Crippen molar-refractivity contribution in [2.24, 2.45) is 4.99 Å². The molecule has 0 fully saturated rings. The van der Waals surface area contributed by atoms with E-state index >= 15 is 0 Å². The molecule has 0 saturated carbocycles. The van der Waals surface area contributed by atoms with Crippen molar-refractivity contribution in [1.29, 1.82) is 0 Å². The number of phenolic OH excluding ortho intramolecular Hbond substituents is 1. The molecule has 3 N–H and O–H groups in total. The van der Waals surface area contributed by atoms with Crippen molar-refractivity contribution >= 4 is 41.3 Å². The lowest BCUT2D eigenvalue weighted by molar-refractivity contribution is 0.370. The zero-order valence-electron chi connectivity index (χ0n) is 14.8. The number of para-hydroxylation sites is 1. The third-order valence-electron chi connectivity index (χ3n) is 3.55. The van der Waals surface area contributed by atoms with Crippen molar-refractivity contribution in [2.75, 3.05) is 13.7 Å². The maximum atomic E-state index is 10.1. The molecule has 1 heterocycles. The van der Waals surface area contributed by atoms with Crippen LogP contribution in [0.15, 0.2) is 35.3 Å². The lowest BCUT2D eigenvalue weighted by Gasteiger charge is -2.11. The number of nitrogens with zero attached hydrogens (tertiary/aromatic N) is 1. The topological polar surface area (TPSA) is 65.9 Å². The summed E-state index contributed by atoms with van der Waals surface area (Å²) in [4.78, 5) is 7.21. The number of benzene rings is 1. The second kappa shape index (κ2) is 11.2. The van der Waals surface area contributed by atoms with Gasteiger partial charge in [0.25, 0.3) is 0 Å². The van der Waals surface area contributed by atoms with E-state index in [9.17, 15) is 5.11 Å². The van der Waals surface area contributed by atoms with Crippen LogP contribution in [0.4, 0.5) is 0 Å². The molecule has 2 aromatic rings. The number of hydrogen-bond acceptors (Lipinski definition) is 4.